The Balaban J connectivity index is 1.61. The third-order valence-corrected chi connectivity index (χ3v) is 5.46. The minimum absolute atomic E-state index is 0.286. The number of fused-ring (bicyclic) bond motifs is 2. The molecule has 1 saturated heterocycles. The van der Waals surface area contributed by atoms with Gasteiger partial charge in [-0.3, -0.25) is 0 Å². The zero-order chi connectivity index (χ0) is 13.5. The molecule has 1 aliphatic heterocycles. The maximum Gasteiger partial charge on any atom is 0.212 e. The first-order valence-corrected chi connectivity index (χ1v) is 8.41. The fraction of sp³-hybridized carbons (Fsp3) is 0.562. The topological polar surface area (TPSA) is 38.1 Å². The van der Waals surface area contributed by atoms with Crippen LogP contribution in [0.5, 0.6) is 0 Å². The van der Waals surface area contributed by atoms with Crippen LogP contribution in [0.25, 0.3) is 11.1 Å². The van der Waals surface area contributed by atoms with Crippen LogP contribution in [-0.2, 0) is 0 Å². The standard InChI is InChI=1S/C16H19BrN2O/c17-11-5-3-7-13-15(11)20-16(19-13)14-9-8-10-4-1-2-6-12(10)18-14/h3,5,7,10,12,14,18H,1-2,4,6,8-9H2. The zero-order valence-corrected chi connectivity index (χ0v) is 13.0. The van der Waals surface area contributed by atoms with Crippen LogP contribution < -0.4 is 5.32 Å². The first-order valence-electron chi connectivity index (χ1n) is 7.62. The number of oxazole rings is 1. The summed E-state index contributed by atoms with van der Waals surface area (Å²) < 4.78 is 6.98. The minimum atomic E-state index is 0.286. The van der Waals surface area contributed by atoms with Crippen LogP contribution in [-0.4, -0.2) is 11.0 Å². The largest absolute Gasteiger partial charge is 0.438 e. The Hall–Kier alpha value is -0.870. The fourth-order valence-corrected chi connectivity index (χ4v) is 4.21. The Labute approximate surface area is 127 Å². The van der Waals surface area contributed by atoms with Crippen LogP contribution in [0, 0.1) is 5.92 Å². The Kier molecular flexibility index (Phi) is 3.31. The molecule has 1 aromatic heterocycles. The average Bonchev–Trinajstić information content (AvgIpc) is 2.92. The van der Waals surface area contributed by atoms with Gasteiger partial charge in [0.15, 0.2) is 5.58 Å². The van der Waals surface area contributed by atoms with Gasteiger partial charge < -0.3 is 9.73 Å². The molecule has 20 heavy (non-hydrogen) atoms. The number of rotatable bonds is 1. The van der Waals surface area contributed by atoms with Crippen molar-refractivity contribution in [2.45, 2.75) is 50.6 Å². The van der Waals surface area contributed by atoms with E-state index < -0.39 is 0 Å². The molecule has 4 heteroatoms. The van der Waals surface area contributed by atoms with E-state index in [9.17, 15) is 0 Å². The summed E-state index contributed by atoms with van der Waals surface area (Å²) in [6.07, 6.45) is 7.92. The Morgan fingerprint density at radius 1 is 1.15 bits per heavy atom. The lowest BCUT2D eigenvalue weighted by molar-refractivity contribution is 0.164. The van der Waals surface area contributed by atoms with Crippen molar-refractivity contribution >= 4 is 27.0 Å². The smallest absolute Gasteiger partial charge is 0.212 e. The van der Waals surface area contributed by atoms with E-state index >= 15 is 0 Å². The summed E-state index contributed by atoms with van der Waals surface area (Å²) in [7, 11) is 0. The maximum atomic E-state index is 6.00. The molecule has 3 atom stereocenters. The lowest BCUT2D eigenvalue weighted by Crippen LogP contribution is -2.44. The first-order chi connectivity index (χ1) is 9.81. The number of halogens is 1. The van der Waals surface area contributed by atoms with Crippen LogP contribution in [0.1, 0.15) is 50.5 Å². The van der Waals surface area contributed by atoms with E-state index in [2.05, 4.69) is 26.2 Å². The van der Waals surface area contributed by atoms with Crippen molar-refractivity contribution < 1.29 is 4.42 Å². The van der Waals surface area contributed by atoms with Crippen molar-refractivity contribution in [3.63, 3.8) is 0 Å². The summed E-state index contributed by atoms with van der Waals surface area (Å²) in [6, 6.07) is 6.97. The number of para-hydroxylation sites is 1. The summed E-state index contributed by atoms with van der Waals surface area (Å²) in [5.41, 5.74) is 1.82. The predicted octanol–water partition coefficient (Wildman–Crippen LogP) is 4.57. The molecule has 2 fully saturated rings. The molecule has 3 unspecified atom stereocenters. The fourth-order valence-electron chi connectivity index (χ4n) is 3.77. The van der Waals surface area contributed by atoms with Crippen molar-refractivity contribution in [2.24, 2.45) is 5.92 Å². The number of piperidine rings is 1. The molecule has 106 valence electrons. The molecule has 2 aromatic rings. The highest BCUT2D eigenvalue weighted by Crippen LogP contribution is 2.37. The molecule has 2 heterocycles. The van der Waals surface area contributed by atoms with Gasteiger partial charge in [0.25, 0.3) is 0 Å². The second kappa shape index (κ2) is 5.15. The van der Waals surface area contributed by atoms with Crippen molar-refractivity contribution in [2.75, 3.05) is 0 Å². The minimum Gasteiger partial charge on any atom is -0.438 e. The average molecular weight is 335 g/mol. The van der Waals surface area contributed by atoms with E-state index in [4.69, 9.17) is 4.42 Å². The van der Waals surface area contributed by atoms with E-state index in [1.54, 1.807) is 0 Å². The van der Waals surface area contributed by atoms with E-state index in [1.807, 2.05) is 18.2 Å². The lowest BCUT2D eigenvalue weighted by atomic mass is 9.78. The molecule has 1 aromatic carbocycles. The summed E-state index contributed by atoms with van der Waals surface area (Å²) >= 11 is 3.54. The number of hydrogen-bond donors (Lipinski definition) is 1. The van der Waals surface area contributed by atoms with Crippen molar-refractivity contribution in [1.29, 1.82) is 0 Å². The second-order valence-corrected chi connectivity index (χ2v) is 6.94. The number of benzene rings is 1. The lowest BCUT2D eigenvalue weighted by Gasteiger charge is -2.39. The maximum absolute atomic E-state index is 6.00. The van der Waals surface area contributed by atoms with E-state index in [0.29, 0.717) is 6.04 Å². The molecule has 0 spiro atoms. The van der Waals surface area contributed by atoms with E-state index in [1.165, 1.54) is 32.1 Å². The number of nitrogens with zero attached hydrogens (tertiary/aromatic N) is 1. The molecular formula is C16H19BrN2O. The van der Waals surface area contributed by atoms with Gasteiger partial charge in [0.05, 0.1) is 10.5 Å². The van der Waals surface area contributed by atoms with E-state index in [0.717, 1.165) is 33.8 Å². The van der Waals surface area contributed by atoms with Crippen molar-refractivity contribution in [3.05, 3.63) is 28.6 Å². The highest BCUT2D eigenvalue weighted by molar-refractivity contribution is 9.10. The molecular weight excluding hydrogens is 316 g/mol. The third kappa shape index (κ3) is 2.19. The van der Waals surface area contributed by atoms with Crippen LogP contribution in [0.4, 0.5) is 0 Å². The Bertz CT molecular complexity index is 624. The van der Waals surface area contributed by atoms with E-state index in [-0.39, 0.29) is 6.04 Å². The molecule has 0 bridgehead atoms. The Morgan fingerprint density at radius 2 is 2.05 bits per heavy atom. The molecule has 4 rings (SSSR count). The monoisotopic (exact) mass is 334 g/mol. The van der Waals surface area contributed by atoms with Gasteiger partial charge in [0.2, 0.25) is 5.89 Å². The van der Waals surface area contributed by atoms with Crippen LogP contribution >= 0.6 is 15.9 Å². The van der Waals surface area contributed by atoms with Gasteiger partial charge in [-0.1, -0.05) is 18.9 Å². The predicted molar refractivity (Wildman–Crippen MR) is 82.6 cm³/mol. The van der Waals surface area contributed by atoms with Gasteiger partial charge in [-0.15, -0.1) is 0 Å². The van der Waals surface area contributed by atoms with Crippen LogP contribution in [0.2, 0.25) is 0 Å². The number of hydrogen-bond acceptors (Lipinski definition) is 3. The first kappa shape index (κ1) is 12.8. The highest BCUT2D eigenvalue weighted by atomic mass is 79.9. The molecule has 2 aliphatic rings. The molecule has 1 aliphatic carbocycles. The van der Waals surface area contributed by atoms with Crippen molar-refractivity contribution in [3.8, 4) is 0 Å². The Morgan fingerprint density at radius 3 is 2.95 bits per heavy atom. The van der Waals surface area contributed by atoms with Gasteiger partial charge in [0.1, 0.15) is 5.52 Å². The summed E-state index contributed by atoms with van der Waals surface area (Å²) in [5, 5.41) is 3.78. The van der Waals surface area contributed by atoms with Gasteiger partial charge in [-0.05, 0) is 59.7 Å². The SMILES string of the molecule is Brc1cccc2nc(C3CCC4CCCCC4N3)oc12. The quantitative estimate of drug-likeness (QED) is 0.829. The molecule has 0 amide bonds. The van der Waals surface area contributed by atoms with Gasteiger partial charge in [-0.25, -0.2) is 4.98 Å². The van der Waals surface area contributed by atoms with Gasteiger partial charge in [0, 0.05) is 6.04 Å². The normalized spacial score (nSPS) is 30.4. The summed E-state index contributed by atoms with van der Waals surface area (Å²) in [5.74, 6) is 1.73. The molecule has 1 saturated carbocycles. The molecule has 1 N–H and O–H groups in total. The number of aromatic nitrogens is 1. The second-order valence-electron chi connectivity index (χ2n) is 6.09. The van der Waals surface area contributed by atoms with Crippen molar-refractivity contribution in [1.82, 2.24) is 10.3 Å². The highest BCUT2D eigenvalue weighted by Gasteiger charge is 2.34. The third-order valence-electron chi connectivity index (χ3n) is 4.83. The van der Waals surface area contributed by atoms with Gasteiger partial charge in [-0.2, -0.15) is 0 Å². The zero-order valence-electron chi connectivity index (χ0n) is 11.4. The summed E-state index contributed by atoms with van der Waals surface area (Å²) in [4.78, 5) is 4.68. The summed E-state index contributed by atoms with van der Waals surface area (Å²) in [6.45, 7) is 0. The van der Waals surface area contributed by atoms with Crippen LogP contribution in [0.15, 0.2) is 27.1 Å². The number of nitrogens with one attached hydrogen (secondary N) is 1. The van der Waals surface area contributed by atoms with Crippen LogP contribution in [0.3, 0.4) is 0 Å². The molecule has 0 radical (unpaired) electrons. The van der Waals surface area contributed by atoms with Gasteiger partial charge >= 0.3 is 0 Å². The molecule has 3 nitrogen and oxygen atoms in total.